The van der Waals surface area contributed by atoms with Crippen LogP contribution in [-0.2, 0) is 0 Å². The fourth-order valence-electron chi connectivity index (χ4n) is 1.34. The van der Waals surface area contributed by atoms with Gasteiger partial charge in [0.25, 0.3) is 5.95 Å². The molecule has 2 rings (SSSR count). The zero-order chi connectivity index (χ0) is 11.9. The molecule has 2 heterocycles. The molecule has 5 nitrogen and oxygen atoms in total. The Morgan fingerprint density at radius 3 is 2.44 bits per heavy atom. The first kappa shape index (κ1) is 11.5. The maximum Gasteiger partial charge on any atom is 0.253 e. The number of anilines is 1. The lowest BCUT2D eigenvalue weighted by molar-refractivity contribution is 0.772. The predicted molar refractivity (Wildman–Crippen MR) is 68.4 cm³/mol. The Morgan fingerprint density at radius 1 is 1.25 bits per heavy atom. The first-order chi connectivity index (χ1) is 7.49. The lowest BCUT2D eigenvalue weighted by atomic mass is 10.4. The summed E-state index contributed by atoms with van der Waals surface area (Å²) >= 11 is 6.73. The number of nitrogen functional groups attached to an aromatic ring is 1. The van der Waals surface area contributed by atoms with E-state index in [-0.39, 0.29) is 0 Å². The molecule has 0 atom stereocenters. The lowest BCUT2D eigenvalue weighted by Crippen LogP contribution is -2.07. The molecule has 0 saturated heterocycles. The highest BCUT2D eigenvalue weighted by Crippen LogP contribution is 2.22. The van der Waals surface area contributed by atoms with Crippen molar-refractivity contribution in [1.82, 2.24) is 19.7 Å². The van der Waals surface area contributed by atoms with Gasteiger partial charge in [-0.1, -0.05) is 0 Å². The quantitative estimate of drug-likeness (QED) is 0.805. The average Bonchev–Trinajstić information content (AvgIpc) is 2.44. The second-order valence-corrected chi connectivity index (χ2v) is 4.92. The van der Waals surface area contributed by atoms with E-state index in [0.717, 1.165) is 15.9 Å². The fourth-order valence-corrected chi connectivity index (χ4v) is 1.98. The van der Waals surface area contributed by atoms with Crippen molar-refractivity contribution < 1.29 is 0 Å². The molecule has 0 aliphatic carbocycles. The van der Waals surface area contributed by atoms with Crippen LogP contribution in [0.1, 0.15) is 11.4 Å². The van der Waals surface area contributed by atoms with Crippen LogP contribution in [0, 0.1) is 13.8 Å². The molecule has 2 aromatic rings. The first-order valence-electron chi connectivity index (χ1n) is 4.51. The summed E-state index contributed by atoms with van der Waals surface area (Å²) < 4.78 is 3.24. The Bertz CT molecular complexity index is 529. The van der Waals surface area contributed by atoms with Gasteiger partial charge < -0.3 is 5.73 Å². The summed E-state index contributed by atoms with van der Waals surface area (Å²) in [6.45, 7) is 3.85. The molecule has 0 saturated carbocycles. The van der Waals surface area contributed by atoms with Gasteiger partial charge in [0.05, 0.1) is 15.9 Å². The van der Waals surface area contributed by atoms with E-state index in [4.69, 9.17) is 5.73 Å². The third kappa shape index (κ3) is 1.97. The van der Waals surface area contributed by atoms with E-state index in [2.05, 4.69) is 46.9 Å². The summed E-state index contributed by atoms with van der Waals surface area (Å²) in [6, 6.07) is 1.64. The van der Waals surface area contributed by atoms with Crippen LogP contribution in [0.3, 0.4) is 0 Å². The summed E-state index contributed by atoms with van der Waals surface area (Å²) in [7, 11) is 0. The summed E-state index contributed by atoms with van der Waals surface area (Å²) in [6.07, 6.45) is 0. The molecule has 16 heavy (non-hydrogen) atoms. The van der Waals surface area contributed by atoms with E-state index >= 15 is 0 Å². The Labute approximate surface area is 109 Å². The van der Waals surface area contributed by atoms with E-state index in [1.165, 1.54) is 0 Å². The maximum atomic E-state index is 5.66. The second-order valence-electron chi connectivity index (χ2n) is 3.31. The van der Waals surface area contributed by atoms with Gasteiger partial charge in [-0.25, -0.2) is 9.67 Å². The van der Waals surface area contributed by atoms with Crippen LogP contribution < -0.4 is 5.73 Å². The first-order valence-corrected chi connectivity index (χ1v) is 6.10. The Balaban J connectivity index is 2.62. The smallest absolute Gasteiger partial charge is 0.253 e. The van der Waals surface area contributed by atoms with Gasteiger partial charge in [-0.2, -0.15) is 10.1 Å². The third-order valence-corrected chi connectivity index (χ3v) is 3.65. The standard InChI is InChI=1S/C9H9Br2N5/c1-4-8(11)5(2)16(15-4)9-13-6(10)3-7(12)14-9/h3H,1-2H3,(H2,12,13,14). The molecule has 84 valence electrons. The summed E-state index contributed by atoms with van der Waals surface area (Å²) in [4.78, 5) is 8.36. The summed E-state index contributed by atoms with van der Waals surface area (Å²) in [5.41, 5.74) is 7.49. The van der Waals surface area contributed by atoms with E-state index < -0.39 is 0 Å². The average molecular weight is 347 g/mol. The van der Waals surface area contributed by atoms with Crippen molar-refractivity contribution >= 4 is 37.7 Å². The molecular formula is C9H9Br2N5. The molecule has 0 aromatic carbocycles. The van der Waals surface area contributed by atoms with Gasteiger partial charge in [-0.05, 0) is 45.7 Å². The van der Waals surface area contributed by atoms with Gasteiger partial charge >= 0.3 is 0 Å². The van der Waals surface area contributed by atoms with Gasteiger partial charge in [0.15, 0.2) is 0 Å². The molecule has 2 aromatic heterocycles. The highest BCUT2D eigenvalue weighted by atomic mass is 79.9. The van der Waals surface area contributed by atoms with Crippen molar-refractivity contribution in [2.24, 2.45) is 0 Å². The highest BCUT2D eigenvalue weighted by Gasteiger charge is 2.13. The van der Waals surface area contributed by atoms with E-state index in [1.54, 1.807) is 10.7 Å². The number of nitrogens with zero attached hydrogens (tertiary/aromatic N) is 4. The van der Waals surface area contributed by atoms with Gasteiger partial charge in [0.2, 0.25) is 0 Å². The van der Waals surface area contributed by atoms with E-state index in [9.17, 15) is 0 Å². The maximum absolute atomic E-state index is 5.66. The second kappa shape index (κ2) is 4.14. The monoisotopic (exact) mass is 345 g/mol. The van der Waals surface area contributed by atoms with Crippen molar-refractivity contribution in [1.29, 1.82) is 0 Å². The molecule has 0 unspecified atom stereocenters. The zero-order valence-electron chi connectivity index (χ0n) is 8.70. The van der Waals surface area contributed by atoms with Crippen LogP contribution in [0.25, 0.3) is 5.95 Å². The number of rotatable bonds is 1. The molecule has 0 radical (unpaired) electrons. The van der Waals surface area contributed by atoms with Crippen LogP contribution in [0.15, 0.2) is 15.1 Å². The lowest BCUT2D eigenvalue weighted by Gasteiger charge is -2.03. The molecule has 0 spiro atoms. The summed E-state index contributed by atoms with van der Waals surface area (Å²) in [5.74, 6) is 0.860. The number of hydrogen-bond acceptors (Lipinski definition) is 4. The number of hydrogen-bond donors (Lipinski definition) is 1. The molecule has 0 fully saturated rings. The molecule has 2 N–H and O–H groups in total. The van der Waals surface area contributed by atoms with Crippen molar-refractivity contribution in [2.75, 3.05) is 5.73 Å². The molecule has 0 bridgehead atoms. The van der Waals surface area contributed by atoms with Gasteiger partial charge in [0, 0.05) is 6.07 Å². The van der Waals surface area contributed by atoms with Crippen molar-refractivity contribution in [2.45, 2.75) is 13.8 Å². The van der Waals surface area contributed by atoms with Crippen molar-refractivity contribution in [3.05, 3.63) is 26.5 Å². The highest BCUT2D eigenvalue weighted by molar-refractivity contribution is 9.10. The van der Waals surface area contributed by atoms with Crippen molar-refractivity contribution in [3.63, 3.8) is 0 Å². The number of nitrogens with two attached hydrogens (primary N) is 1. The molecule has 0 aliphatic heterocycles. The van der Waals surface area contributed by atoms with Gasteiger partial charge in [-0.3, -0.25) is 0 Å². The predicted octanol–water partition coefficient (Wildman–Crippen LogP) is 2.39. The van der Waals surface area contributed by atoms with Crippen LogP contribution in [0.5, 0.6) is 0 Å². The minimum atomic E-state index is 0.403. The Morgan fingerprint density at radius 2 is 1.94 bits per heavy atom. The van der Waals surface area contributed by atoms with Gasteiger partial charge in [0.1, 0.15) is 10.4 Å². The minimum absolute atomic E-state index is 0.403. The van der Waals surface area contributed by atoms with E-state index in [1.807, 2.05) is 13.8 Å². The van der Waals surface area contributed by atoms with Crippen LogP contribution in [0.2, 0.25) is 0 Å². The number of aromatic nitrogens is 4. The number of halogens is 2. The van der Waals surface area contributed by atoms with Crippen molar-refractivity contribution in [3.8, 4) is 5.95 Å². The Hall–Kier alpha value is -0.950. The third-order valence-electron chi connectivity index (χ3n) is 2.10. The fraction of sp³-hybridized carbons (Fsp3) is 0.222. The molecule has 7 heteroatoms. The topological polar surface area (TPSA) is 69.6 Å². The molecule has 0 aliphatic rings. The SMILES string of the molecule is Cc1nn(-c2nc(N)cc(Br)n2)c(C)c1Br. The van der Waals surface area contributed by atoms with Crippen LogP contribution >= 0.6 is 31.9 Å². The molecule has 0 amide bonds. The summed E-state index contributed by atoms with van der Waals surface area (Å²) in [5, 5.41) is 4.33. The number of aryl methyl sites for hydroxylation is 1. The minimum Gasteiger partial charge on any atom is -0.383 e. The molecular weight excluding hydrogens is 338 g/mol. The van der Waals surface area contributed by atoms with Crippen LogP contribution in [0.4, 0.5) is 5.82 Å². The van der Waals surface area contributed by atoms with Crippen LogP contribution in [-0.4, -0.2) is 19.7 Å². The Kier molecular flexibility index (Phi) is 2.98. The zero-order valence-corrected chi connectivity index (χ0v) is 11.9. The van der Waals surface area contributed by atoms with Gasteiger partial charge in [-0.15, -0.1) is 0 Å². The van der Waals surface area contributed by atoms with E-state index in [0.29, 0.717) is 16.4 Å². The largest absolute Gasteiger partial charge is 0.383 e. The normalized spacial score (nSPS) is 10.8.